The number of hydrogen-bond acceptors (Lipinski definition) is 5. The topological polar surface area (TPSA) is 85.9 Å². The molecule has 1 aromatic rings. The summed E-state index contributed by atoms with van der Waals surface area (Å²) in [6.07, 6.45) is 1.89. The van der Waals surface area contributed by atoms with Crippen LogP contribution in [0.3, 0.4) is 0 Å². The molecule has 1 aliphatic heterocycles. The van der Waals surface area contributed by atoms with Gasteiger partial charge in [0.05, 0.1) is 36.5 Å². The predicted molar refractivity (Wildman–Crippen MR) is 107 cm³/mol. The van der Waals surface area contributed by atoms with Gasteiger partial charge in [-0.05, 0) is 44.9 Å². The molecule has 0 aliphatic carbocycles. The Hall–Kier alpha value is -2.41. The molecule has 1 atom stereocenters. The molecule has 1 aromatic carbocycles. The lowest BCUT2D eigenvalue weighted by molar-refractivity contribution is -0.139. The Balaban J connectivity index is 2.47. The highest BCUT2D eigenvalue weighted by atomic mass is 35.5. The second-order valence-electron chi connectivity index (χ2n) is 6.26. The Morgan fingerprint density at radius 1 is 1.18 bits per heavy atom. The minimum atomic E-state index is -0.714. The highest BCUT2D eigenvalue weighted by molar-refractivity contribution is 6.32. The van der Waals surface area contributed by atoms with E-state index in [-0.39, 0.29) is 6.61 Å². The molecule has 28 heavy (non-hydrogen) atoms. The van der Waals surface area contributed by atoms with E-state index in [1.54, 1.807) is 26.0 Å². The maximum absolute atomic E-state index is 12.5. The number of carbonyl (C=O) groups is 2. The predicted octanol–water partition coefficient (Wildman–Crippen LogP) is 4.11. The highest BCUT2D eigenvalue weighted by Crippen LogP contribution is 2.40. The van der Waals surface area contributed by atoms with E-state index in [9.17, 15) is 9.59 Å². The van der Waals surface area contributed by atoms with Gasteiger partial charge in [-0.15, -0.1) is 0 Å². The fraction of sp³-hybridized carbons (Fsp3) is 0.500. The number of rotatable bonds is 9. The van der Waals surface area contributed by atoms with Crippen LogP contribution >= 0.6 is 11.6 Å². The molecule has 2 N–H and O–H groups in total. The molecule has 8 heteroatoms. The van der Waals surface area contributed by atoms with E-state index in [1.807, 2.05) is 6.92 Å². The fourth-order valence-electron chi connectivity index (χ4n) is 2.90. The second kappa shape index (κ2) is 10.2. The van der Waals surface area contributed by atoms with Gasteiger partial charge in [-0.3, -0.25) is 0 Å². The first-order chi connectivity index (χ1) is 13.4. The summed E-state index contributed by atoms with van der Waals surface area (Å²) in [6, 6.07) is 2.29. The van der Waals surface area contributed by atoms with Crippen LogP contribution in [-0.4, -0.2) is 31.8 Å². The molecule has 2 amide bonds. The maximum Gasteiger partial charge on any atom is 0.338 e. The zero-order valence-corrected chi connectivity index (χ0v) is 17.4. The van der Waals surface area contributed by atoms with Gasteiger partial charge in [0.1, 0.15) is 0 Å². The summed E-state index contributed by atoms with van der Waals surface area (Å²) in [4.78, 5) is 24.5. The number of unbranched alkanes of at least 4 members (excludes halogenated alkanes) is 1. The molecule has 0 aromatic heterocycles. The number of nitrogens with one attached hydrogen (secondary N) is 2. The van der Waals surface area contributed by atoms with Gasteiger partial charge in [-0.1, -0.05) is 24.9 Å². The molecule has 0 fully saturated rings. The first kappa shape index (κ1) is 21.9. The van der Waals surface area contributed by atoms with Crippen molar-refractivity contribution in [2.24, 2.45) is 0 Å². The molecule has 0 radical (unpaired) electrons. The van der Waals surface area contributed by atoms with Crippen LogP contribution in [0.1, 0.15) is 52.1 Å². The lowest BCUT2D eigenvalue weighted by Crippen LogP contribution is -2.45. The summed E-state index contributed by atoms with van der Waals surface area (Å²) in [5.41, 5.74) is 1.36. The third-order valence-corrected chi connectivity index (χ3v) is 4.45. The average molecular weight is 411 g/mol. The van der Waals surface area contributed by atoms with Crippen molar-refractivity contribution in [3.8, 4) is 11.5 Å². The van der Waals surface area contributed by atoms with E-state index in [4.69, 9.17) is 25.8 Å². The highest BCUT2D eigenvalue weighted by Gasteiger charge is 2.33. The summed E-state index contributed by atoms with van der Waals surface area (Å²) >= 11 is 6.46. The van der Waals surface area contributed by atoms with Gasteiger partial charge >= 0.3 is 12.0 Å². The van der Waals surface area contributed by atoms with Gasteiger partial charge in [0.2, 0.25) is 0 Å². The van der Waals surface area contributed by atoms with E-state index in [0.717, 1.165) is 12.8 Å². The number of esters is 1. The lowest BCUT2D eigenvalue weighted by Gasteiger charge is -2.28. The molecule has 0 spiro atoms. The Kier molecular flexibility index (Phi) is 7.99. The van der Waals surface area contributed by atoms with Crippen molar-refractivity contribution in [3.63, 3.8) is 0 Å². The zero-order chi connectivity index (χ0) is 20.7. The van der Waals surface area contributed by atoms with Gasteiger partial charge in [0.15, 0.2) is 11.5 Å². The van der Waals surface area contributed by atoms with E-state index < -0.39 is 18.0 Å². The molecule has 0 bridgehead atoms. The van der Waals surface area contributed by atoms with Crippen LogP contribution in [0.5, 0.6) is 11.5 Å². The van der Waals surface area contributed by atoms with Crippen molar-refractivity contribution < 1.29 is 23.8 Å². The number of hydrogen-bond donors (Lipinski definition) is 2. The molecule has 7 nitrogen and oxygen atoms in total. The first-order valence-electron chi connectivity index (χ1n) is 9.47. The molecule has 2 rings (SSSR count). The summed E-state index contributed by atoms with van der Waals surface area (Å²) in [6.45, 7) is 8.48. The Labute approximate surface area is 170 Å². The zero-order valence-electron chi connectivity index (χ0n) is 16.7. The molecule has 0 unspecified atom stereocenters. The van der Waals surface area contributed by atoms with Crippen molar-refractivity contribution in [2.45, 2.75) is 46.6 Å². The van der Waals surface area contributed by atoms with Crippen molar-refractivity contribution in [1.82, 2.24) is 10.6 Å². The van der Waals surface area contributed by atoms with Crippen molar-refractivity contribution >= 4 is 23.6 Å². The Morgan fingerprint density at radius 2 is 1.93 bits per heavy atom. The fourth-order valence-corrected chi connectivity index (χ4v) is 3.17. The summed E-state index contributed by atoms with van der Waals surface area (Å²) in [5.74, 6) is 0.420. The van der Waals surface area contributed by atoms with Crippen LogP contribution < -0.4 is 20.1 Å². The standard InChI is InChI=1S/C20H27ClN2O5/c1-5-8-9-28-18-14(21)10-13(11-15(18)26-6-2)17-16(19(24)27-7-3)12(4)22-20(25)23-17/h10-11,17H,5-9H2,1-4H3,(H2,22,23,25)/t17-/m0/s1. The van der Waals surface area contributed by atoms with Gasteiger partial charge < -0.3 is 24.8 Å². The van der Waals surface area contributed by atoms with Crippen LogP contribution in [0.2, 0.25) is 5.02 Å². The van der Waals surface area contributed by atoms with Crippen LogP contribution in [0.4, 0.5) is 4.79 Å². The molecular formula is C20H27ClN2O5. The van der Waals surface area contributed by atoms with Crippen LogP contribution in [0, 0.1) is 0 Å². The number of allylic oxidation sites excluding steroid dienone is 1. The molecular weight excluding hydrogens is 384 g/mol. The second-order valence-corrected chi connectivity index (χ2v) is 6.66. The van der Waals surface area contributed by atoms with Crippen LogP contribution in [-0.2, 0) is 9.53 Å². The first-order valence-corrected chi connectivity index (χ1v) is 9.85. The molecule has 1 aliphatic rings. The number of ether oxygens (including phenoxy) is 3. The third-order valence-electron chi connectivity index (χ3n) is 4.17. The summed E-state index contributed by atoms with van der Waals surface area (Å²) in [7, 11) is 0. The minimum absolute atomic E-state index is 0.228. The van der Waals surface area contributed by atoms with E-state index in [1.165, 1.54) is 0 Å². The normalized spacial score (nSPS) is 16.3. The van der Waals surface area contributed by atoms with E-state index in [2.05, 4.69) is 17.6 Å². The lowest BCUT2D eigenvalue weighted by atomic mass is 9.95. The maximum atomic E-state index is 12.5. The van der Waals surface area contributed by atoms with Gasteiger partial charge in [-0.2, -0.15) is 0 Å². The van der Waals surface area contributed by atoms with E-state index in [0.29, 0.717) is 46.6 Å². The largest absolute Gasteiger partial charge is 0.490 e. The van der Waals surface area contributed by atoms with Gasteiger partial charge in [0, 0.05) is 5.70 Å². The number of halogens is 1. The monoisotopic (exact) mass is 410 g/mol. The number of benzene rings is 1. The van der Waals surface area contributed by atoms with Gasteiger partial charge in [0.25, 0.3) is 0 Å². The number of carbonyl (C=O) groups excluding carboxylic acids is 2. The quantitative estimate of drug-likeness (QED) is 0.472. The third kappa shape index (κ3) is 5.10. The molecule has 1 heterocycles. The molecule has 0 saturated heterocycles. The van der Waals surface area contributed by atoms with E-state index >= 15 is 0 Å². The SMILES string of the molecule is CCCCOc1c(Cl)cc([C@@H]2NC(=O)NC(C)=C2C(=O)OCC)cc1OCC. The van der Waals surface area contributed by atoms with Crippen molar-refractivity contribution in [2.75, 3.05) is 19.8 Å². The van der Waals surface area contributed by atoms with Crippen LogP contribution in [0.25, 0.3) is 0 Å². The number of urea groups is 1. The Bertz CT molecular complexity index is 763. The summed E-state index contributed by atoms with van der Waals surface area (Å²) < 4.78 is 16.7. The van der Waals surface area contributed by atoms with Crippen LogP contribution in [0.15, 0.2) is 23.4 Å². The molecule has 0 saturated carbocycles. The molecule has 154 valence electrons. The summed E-state index contributed by atoms with van der Waals surface area (Å²) in [5, 5.41) is 5.72. The number of amides is 2. The van der Waals surface area contributed by atoms with Crippen molar-refractivity contribution in [3.05, 3.63) is 34.0 Å². The average Bonchev–Trinajstić information content (AvgIpc) is 2.63. The Morgan fingerprint density at radius 3 is 2.57 bits per heavy atom. The van der Waals surface area contributed by atoms with Gasteiger partial charge in [-0.25, -0.2) is 9.59 Å². The smallest absolute Gasteiger partial charge is 0.338 e. The van der Waals surface area contributed by atoms with Crippen molar-refractivity contribution in [1.29, 1.82) is 0 Å². The minimum Gasteiger partial charge on any atom is -0.490 e.